The molecule has 0 bridgehead atoms. The number of nitrogens with two attached hydrogens (primary N) is 1. The van der Waals surface area contributed by atoms with Gasteiger partial charge in [0, 0.05) is 18.7 Å². The molecule has 0 aliphatic rings. The minimum absolute atomic E-state index is 0.161. The van der Waals surface area contributed by atoms with E-state index in [0.29, 0.717) is 18.7 Å². The number of benzene rings is 1. The molecule has 1 aromatic carbocycles. The van der Waals surface area contributed by atoms with E-state index in [-0.39, 0.29) is 29.0 Å². The Kier molecular flexibility index (Phi) is 6.77. The number of rotatable bonds is 8. The van der Waals surface area contributed by atoms with Crippen LogP contribution in [0.15, 0.2) is 12.1 Å². The van der Waals surface area contributed by atoms with Crippen molar-refractivity contribution < 1.29 is 19.1 Å². The van der Waals surface area contributed by atoms with Gasteiger partial charge in [0.05, 0.1) is 12.1 Å². The van der Waals surface area contributed by atoms with Crippen molar-refractivity contribution in [1.82, 2.24) is 10.6 Å². The van der Waals surface area contributed by atoms with Gasteiger partial charge in [-0.1, -0.05) is 11.6 Å². The number of likely N-dealkylation sites (N-methyl/N-ethyl adjacent to an activating group) is 1. The van der Waals surface area contributed by atoms with Crippen LogP contribution in [0.25, 0.3) is 0 Å². The molecule has 0 aliphatic carbocycles. The summed E-state index contributed by atoms with van der Waals surface area (Å²) in [5, 5.41) is 5.79. The summed E-state index contributed by atoms with van der Waals surface area (Å²) >= 11 is 6.05. The number of hydrogen-bond acceptors (Lipinski definition) is 5. The second kappa shape index (κ2) is 8.33. The molecule has 116 valence electrons. The molecule has 4 N–H and O–H groups in total. The van der Waals surface area contributed by atoms with Crippen LogP contribution in [0.2, 0.25) is 5.02 Å². The summed E-state index contributed by atoms with van der Waals surface area (Å²) in [6.45, 7) is 0.801. The standard InChI is InChI=1S/C13H18ClN3O4/c1-16-3-4-17-13(19)8-5-9(14)12(10(6-8)20-2)21-7-11(15)18/h5-6,16H,3-4,7H2,1-2H3,(H2,15,18)(H,17,19). The summed E-state index contributed by atoms with van der Waals surface area (Å²) in [6.07, 6.45) is 0. The first-order valence-corrected chi connectivity index (χ1v) is 6.58. The first-order chi connectivity index (χ1) is 9.99. The van der Waals surface area contributed by atoms with Crippen LogP contribution in [-0.2, 0) is 4.79 Å². The zero-order valence-corrected chi connectivity index (χ0v) is 12.6. The number of ether oxygens (including phenoxy) is 2. The summed E-state index contributed by atoms with van der Waals surface area (Å²) in [4.78, 5) is 22.7. The quantitative estimate of drug-likeness (QED) is 0.593. The smallest absolute Gasteiger partial charge is 0.255 e. The fraction of sp³-hybridized carbons (Fsp3) is 0.385. The molecule has 21 heavy (non-hydrogen) atoms. The predicted octanol–water partition coefficient (Wildman–Crippen LogP) is 0.162. The van der Waals surface area contributed by atoms with Gasteiger partial charge in [-0.25, -0.2) is 0 Å². The van der Waals surface area contributed by atoms with Gasteiger partial charge in [-0.15, -0.1) is 0 Å². The third-order valence-electron chi connectivity index (χ3n) is 2.51. The third kappa shape index (κ3) is 5.13. The highest BCUT2D eigenvalue weighted by Gasteiger charge is 2.16. The molecule has 0 saturated heterocycles. The summed E-state index contributed by atoms with van der Waals surface area (Å²) in [5.74, 6) is -0.499. The van der Waals surface area contributed by atoms with E-state index in [1.165, 1.54) is 19.2 Å². The Hall–Kier alpha value is -1.99. The predicted molar refractivity (Wildman–Crippen MR) is 79.0 cm³/mol. The van der Waals surface area contributed by atoms with Crippen LogP contribution in [0.3, 0.4) is 0 Å². The molecule has 0 saturated carbocycles. The molecular formula is C13H18ClN3O4. The normalized spacial score (nSPS) is 10.0. The van der Waals surface area contributed by atoms with E-state index in [1.807, 2.05) is 0 Å². The molecule has 0 atom stereocenters. The lowest BCUT2D eigenvalue weighted by Gasteiger charge is -2.13. The van der Waals surface area contributed by atoms with E-state index < -0.39 is 5.91 Å². The van der Waals surface area contributed by atoms with Gasteiger partial charge in [0.1, 0.15) is 0 Å². The van der Waals surface area contributed by atoms with Crippen LogP contribution < -0.4 is 25.8 Å². The van der Waals surface area contributed by atoms with Crippen LogP contribution in [0, 0.1) is 0 Å². The minimum atomic E-state index is -0.637. The van der Waals surface area contributed by atoms with Crippen molar-refractivity contribution in [3.63, 3.8) is 0 Å². The highest BCUT2D eigenvalue weighted by atomic mass is 35.5. The van der Waals surface area contributed by atoms with Gasteiger partial charge in [0.2, 0.25) is 0 Å². The van der Waals surface area contributed by atoms with Gasteiger partial charge in [0.15, 0.2) is 18.1 Å². The SMILES string of the molecule is CNCCNC(=O)c1cc(Cl)c(OCC(N)=O)c(OC)c1. The molecule has 0 aliphatic heterocycles. The molecule has 0 spiro atoms. The third-order valence-corrected chi connectivity index (χ3v) is 2.79. The summed E-state index contributed by atoms with van der Waals surface area (Å²) in [6, 6.07) is 2.92. The molecule has 0 heterocycles. The second-order valence-electron chi connectivity index (χ2n) is 4.10. The fourth-order valence-corrected chi connectivity index (χ4v) is 1.80. The van der Waals surface area contributed by atoms with Crippen molar-refractivity contribution in [2.75, 3.05) is 33.9 Å². The number of halogens is 1. The van der Waals surface area contributed by atoms with Gasteiger partial charge in [0.25, 0.3) is 11.8 Å². The van der Waals surface area contributed by atoms with Crippen LogP contribution >= 0.6 is 11.6 Å². The molecular weight excluding hydrogens is 298 g/mol. The lowest BCUT2D eigenvalue weighted by Crippen LogP contribution is -2.30. The highest BCUT2D eigenvalue weighted by Crippen LogP contribution is 2.36. The first-order valence-electron chi connectivity index (χ1n) is 6.21. The largest absolute Gasteiger partial charge is 0.493 e. The Morgan fingerprint density at radius 1 is 1.33 bits per heavy atom. The Morgan fingerprint density at radius 2 is 2.05 bits per heavy atom. The molecule has 1 rings (SSSR count). The monoisotopic (exact) mass is 315 g/mol. The van der Waals surface area contributed by atoms with Gasteiger partial charge in [-0.3, -0.25) is 9.59 Å². The Labute approximate surface area is 127 Å². The van der Waals surface area contributed by atoms with Crippen molar-refractivity contribution >= 4 is 23.4 Å². The van der Waals surface area contributed by atoms with Crippen molar-refractivity contribution in [3.8, 4) is 11.5 Å². The number of primary amides is 1. The van der Waals surface area contributed by atoms with Gasteiger partial charge < -0.3 is 25.8 Å². The lowest BCUT2D eigenvalue weighted by atomic mass is 10.2. The number of carbonyl (C=O) groups excluding carboxylic acids is 2. The zero-order valence-electron chi connectivity index (χ0n) is 11.9. The van der Waals surface area contributed by atoms with Crippen LogP contribution in [-0.4, -0.2) is 45.7 Å². The van der Waals surface area contributed by atoms with Crippen molar-refractivity contribution in [3.05, 3.63) is 22.7 Å². The Bertz CT molecular complexity index is 522. The molecule has 1 aromatic rings. The maximum atomic E-state index is 11.9. The van der Waals surface area contributed by atoms with Crippen LogP contribution in [0.1, 0.15) is 10.4 Å². The molecule has 0 aromatic heterocycles. The van der Waals surface area contributed by atoms with E-state index in [1.54, 1.807) is 7.05 Å². The average Bonchev–Trinajstić information content (AvgIpc) is 2.45. The molecule has 8 heteroatoms. The number of methoxy groups -OCH3 is 1. The molecule has 7 nitrogen and oxygen atoms in total. The minimum Gasteiger partial charge on any atom is -0.493 e. The van der Waals surface area contributed by atoms with E-state index in [0.717, 1.165) is 0 Å². The van der Waals surface area contributed by atoms with Crippen molar-refractivity contribution in [2.45, 2.75) is 0 Å². The average molecular weight is 316 g/mol. The highest BCUT2D eigenvalue weighted by molar-refractivity contribution is 6.32. The van der Waals surface area contributed by atoms with Crippen LogP contribution in [0.5, 0.6) is 11.5 Å². The topological polar surface area (TPSA) is 103 Å². The molecule has 0 unspecified atom stereocenters. The molecule has 0 fully saturated rings. The Balaban J connectivity index is 2.92. The van der Waals surface area contributed by atoms with E-state index >= 15 is 0 Å². The number of amides is 2. The number of nitrogens with one attached hydrogen (secondary N) is 2. The number of hydrogen-bond donors (Lipinski definition) is 3. The second-order valence-corrected chi connectivity index (χ2v) is 4.51. The zero-order chi connectivity index (χ0) is 15.8. The summed E-state index contributed by atoms with van der Waals surface area (Å²) < 4.78 is 10.3. The maximum absolute atomic E-state index is 11.9. The van der Waals surface area contributed by atoms with Crippen molar-refractivity contribution in [2.24, 2.45) is 5.73 Å². The van der Waals surface area contributed by atoms with E-state index in [4.69, 9.17) is 26.8 Å². The fourth-order valence-electron chi connectivity index (χ4n) is 1.54. The van der Waals surface area contributed by atoms with Crippen LogP contribution in [0.4, 0.5) is 0 Å². The lowest BCUT2D eigenvalue weighted by molar-refractivity contribution is -0.119. The maximum Gasteiger partial charge on any atom is 0.255 e. The summed E-state index contributed by atoms with van der Waals surface area (Å²) in [5.41, 5.74) is 5.34. The van der Waals surface area contributed by atoms with E-state index in [2.05, 4.69) is 10.6 Å². The Morgan fingerprint density at radius 3 is 2.62 bits per heavy atom. The summed E-state index contributed by atoms with van der Waals surface area (Å²) in [7, 11) is 3.20. The van der Waals surface area contributed by atoms with Gasteiger partial charge in [-0.2, -0.15) is 0 Å². The first kappa shape index (κ1) is 17.1. The van der Waals surface area contributed by atoms with Gasteiger partial charge >= 0.3 is 0 Å². The van der Waals surface area contributed by atoms with E-state index in [9.17, 15) is 9.59 Å². The molecule has 0 radical (unpaired) electrons. The van der Waals surface area contributed by atoms with Gasteiger partial charge in [-0.05, 0) is 19.2 Å². The molecule has 2 amide bonds. The number of carbonyl (C=O) groups is 2. The van der Waals surface area contributed by atoms with Crippen molar-refractivity contribution in [1.29, 1.82) is 0 Å².